The van der Waals surface area contributed by atoms with Gasteiger partial charge < -0.3 is 10.0 Å². The quantitative estimate of drug-likeness (QED) is 0.925. The number of rotatable bonds is 4. The lowest BCUT2D eigenvalue weighted by molar-refractivity contribution is 0.0644. The lowest BCUT2D eigenvalue weighted by Gasteiger charge is -2.34. The van der Waals surface area contributed by atoms with Gasteiger partial charge in [0.15, 0.2) is 0 Å². The van der Waals surface area contributed by atoms with Crippen LogP contribution in [0, 0.1) is 0 Å². The number of piperazine rings is 1. The number of halogens is 1. The number of thioether (sulfide) groups is 1. The maximum absolute atomic E-state index is 12.3. The molecular formula is C14H19ClN2O2S. The second-order valence-electron chi connectivity index (χ2n) is 4.79. The third kappa shape index (κ3) is 3.81. The van der Waals surface area contributed by atoms with E-state index in [1.54, 1.807) is 6.07 Å². The Bertz CT molecular complexity index is 476. The summed E-state index contributed by atoms with van der Waals surface area (Å²) in [4.78, 5) is 16.6. The van der Waals surface area contributed by atoms with Crippen molar-refractivity contribution in [2.75, 3.05) is 44.7 Å². The van der Waals surface area contributed by atoms with Crippen molar-refractivity contribution in [3.8, 4) is 5.75 Å². The molecule has 1 N–H and O–H groups in total. The summed E-state index contributed by atoms with van der Waals surface area (Å²) in [5.74, 6) is 1.11. The van der Waals surface area contributed by atoms with Crippen molar-refractivity contribution < 1.29 is 9.90 Å². The van der Waals surface area contributed by atoms with Crippen LogP contribution in [0.4, 0.5) is 0 Å². The van der Waals surface area contributed by atoms with Crippen LogP contribution in [-0.4, -0.2) is 65.5 Å². The van der Waals surface area contributed by atoms with Crippen LogP contribution < -0.4 is 0 Å². The van der Waals surface area contributed by atoms with Crippen molar-refractivity contribution in [2.24, 2.45) is 0 Å². The molecule has 20 heavy (non-hydrogen) atoms. The number of phenolic OH excluding ortho intramolecular Hbond substituents is 1. The first-order chi connectivity index (χ1) is 9.61. The first-order valence-electron chi connectivity index (χ1n) is 6.61. The molecule has 1 aliphatic rings. The Balaban J connectivity index is 1.92. The van der Waals surface area contributed by atoms with E-state index in [4.69, 9.17) is 11.6 Å². The van der Waals surface area contributed by atoms with Gasteiger partial charge >= 0.3 is 0 Å². The lowest BCUT2D eigenvalue weighted by atomic mass is 10.1. The average Bonchev–Trinajstić information content (AvgIpc) is 2.48. The molecule has 2 rings (SSSR count). The van der Waals surface area contributed by atoms with E-state index < -0.39 is 0 Å². The smallest absolute Gasteiger partial charge is 0.253 e. The van der Waals surface area contributed by atoms with Crippen molar-refractivity contribution in [3.63, 3.8) is 0 Å². The number of carbonyl (C=O) groups is 1. The molecule has 110 valence electrons. The second kappa shape index (κ2) is 7.20. The van der Waals surface area contributed by atoms with Gasteiger partial charge in [0.1, 0.15) is 5.75 Å². The molecule has 0 aliphatic carbocycles. The van der Waals surface area contributed by atoms with Gasteiger partial charge in [0.2, 0.25) is 0 Å². The molecule has 0 aromatic heterocycles. The van der Waals surface area contributed by atoms with E-state index >= 15 is 0 Å². The predicted octanol–water partition coefficient (Wildman–Crippen LogP) is 2.17. The minimum absolute atomic E-state index is 0.00472. The van der Waals surface area contributed by atoms with Crippen molar-refractivity contribution in [3.05, 3.63) is 28.8 Å². The number of nitrogens with zero attached hydrogens (tertiary/aromatic N) is 2. The molecule has 1 amide bonds. The van der Waals surface area contributed by atoms with Crippen LogP contribution in [0.2, 0.25) is 5.02 Å². The Morgan fingerprint density at radius 1 is 1.35 bits per heavy atom. The van der Waals surface area contributed by atoms with Crippen LogP contribution >= 0.6 is 23.4 Å². The Morgan fingerprint density at radius 3 is 2.65 bits per heavy atom. The van der Waals surface area contributed by atoms with Crippen LogP contribution in [0.3, 0.4) is 0 Å². The zero-order valence-electron chi connectivity index (χ0n) is 11.5. The van der Waals surface area contributed by atoms with Crippen molar-refractivity contribution >= 4 is 29.3 Å². The van der Waals surface area contributed by atoms with Gasteiger partial charge in [-0.3, -0.25) is 9.69 Å². The number of benzene rings is 1. The number of carbonyl (C=O) groups excluding carboxylic acids is 1. The standard InChI is InChI=1S/C14H19ClN2O2S/c1-20-9-8-16-4-6-17(7-5-16)14(19)11-2-3-13(18)12(15)10-11/h2-3,10,18H,4-9H2,1H3. The number of hydrogen-bond acceptors (Lipinski definition) is 4. The molecule has 0 saturated carbocycles. The van der Waals surface area contributed by atoms with E-state index in [9.17, 15) is 9.90 Å². The molecule has 1 heterocycles. The molecule has 1 aromatic rings. The van der Waals surface area contributed by atoms with Crippen LogP contribution in [0.15, 0.2) is 18.2 Å². The van der Waals surface area contributed by atoms with E-state index in [1.807, 2.05) is 16.7 Å². The maximum Gasteiger partial charge on any atom is 0.253 e. The summed E-state index contributed by atoms with van der Waals surface area (Å²) in [5.41, 5.74) is 0.533. The molecule has 0 spiro atoms. The third-order valence-electron chi connectivity index (χ3n) is 3.47. The summed E-state index contributed by atoms with van der Waals surface area (Å²) in [7, 11) is 0. The highest BCUT2D eigenvalue weighted by Crippen LogP contribution is 2.24. The predicted molar refractivity (Wildman–Crippen MR) is 83.8 cm³/mol. The van der Waals surface area contributed by atoms with E-state index in [1.165, 1.54) is 12.1 Å². The zero-order chi connectivity index (χ0) is 14.5. The second-order valence-corrected chi connectivity index (χ2v) is 6.19. The molecule has 1 saturated heterocycles. The number of aromatic hydroxyl groups is 1. The SMILES string of the molecule is CSCCN1CCN(C(=O)c2ccc(O)c(Cl)c2)CC1. The Kier molecular flexibility index (Phi) is 5.57. The Hall–Kier alpha value is -0.910. The molecule has 0 radical (unpaired) electrons. The Labute approximate surface area is 128 Å². The normalized spacial score (nSPS) is 16.4. The first kappa shape index (κ1) is 15.5. The largest absolute Gasteiger partial charge is 0.506 e. The minimum Gasteiger partial charge on any atom is -0.506 e. The summed E-state index contributed by atoms with van der Waals surface area (Å²) in [6.07, 6.45) is 2.11. The van der Waals surface area contributed by atoms with Gasteiger partial charge in [-0.1, -0.05) is 11.6 Å². The number of hydrogen-bond donors (Lipinski definition) is 1. The minimum atomic E-state index is -0.0172. The summed E-state index contributed by atoms with van der Waals surface area (Å²) < 4.78 is 0. The van der Waals surface area contributed by atoms with Gasteiger partial charge in [-0.05, 0) is 24.5 Å². The zero-order valence-corrected chi connectivity index (χ0v) is 13.1. The lowest BCUT2D eigenvalue weighted by Crippen LogP contribution is -2.49. The highest BCUT2D eigenvalue weighted by atomic mass is 35.5. The highest BCUT2D eigenvalue weighted by molar-refractivity contribution is 7.98. The summed E-state index contributed by atoms with van der Waals surface area (Å²) in [6.45, 7) is 4.39. The van der Waals surface area contributed by atoms with E-state index in [2.05, 4.69) is 11.2 Å². The van der Waals surface area contributed by atoms with Gasteiger partial charge in [0.05, 0.1) is 5.02 Å². The van der Waals surface area contributed by atoms with Gasteiger partial charge in [-0.25, -0.2) is 0 Å². The van der Waals surface area contributed by atoms with Crippen LogP contribution in [0.25, 0.3) is 0 Å². The Morgan fingerprint density at radius 2 is 2.05 bits per heavy atom. The summed E-state index contributed by atoms with van der Waals surface area (Å²) in [6, 6.07) is 4.60. The van der Waals surface area contributed by atoms with Gasteiger partial charge in [0, 0.05) is 44.0 Å². The van der Waals surface area contributed by atoms with Gasteiger partial charge in [0.25, 0.3) is 5.91 Å². The van der Waals surface area contributed by atoms with Crippen molar-refractivity contribution in [1.82, 2.24) is 9.80 Å². The van der Waals surface area contributed by atoms with Gasteiger partial charge in [-0.15, -0.1) is 0 Å². The van der Waals surface area contributed by atoms with Crippen LogP contribution in [0.5, 0.6) is 5.75 Å². The number of amides is 1. The van der Waals surface area contributed by atoms with Crippen LogP contribution in [0.1, 0.15) is 10.4 Å². The first-order valence-corrected chi connectivity index (χ1v) is 8.38. The molecule has 6 heteroatoms. The molecule has 4 nitrogen and oxygen atoms in total. The molecule has 1 fully saturated rings. The molecule has 0 unspecified atom stereocenters. The topological polar surface area (TPSA) is 43.8 Å². The molecular weight excluding hydrogens is 296 g/mol. The summed E-state index contributed by atoms with van der Waals surface area (Å²) >= 11 is 7.69. The molecule has 0 atom stereocenters. The van der Waals surface area contributed by atoms with Gasteiger partial charge in [-0.2, -0.15) is 11.8 Å². The molecule has 1 aromatic carbocycles. The monoisotopic (exact) mass is 314 g/mol. The average molecular weight is 315 g/mol. The maximum atomic E-state index is 12.3. The molecule has 1 aliphatic heterocycles. The third-order valence-corrected chi connectivity index (χ3v) is 4.36. The van der Waals surface area contributed by atoms with E-state index in [-0.39, 0.29) is 16.7 Å². The van der Waals surface area contributed by atoms with Crippen molar-refractivity contribution in [2.45, 2.75) is 0 Å². The fourth-order valence-electron chi connectivity index (χ4n) is 2.22. The highest BCUT2D eigenvalue weighted by Gasteiger charge is 2.22. The van der Waals surface area contributed by atoms with Crippen LogP contribution in [-0.2, 0) is 0 Å². The van der Waals surface area contributed by atoms with Crippen molar-refractivity contribution in [1.29, 1.82) is 0 Å². The fourth-order valence-corrected chi connectivity index (χ4v) is 2.84. The summed E-state index contributed by atoms with van der Waals surface area (Å²) in [5, 5.41) is 9.60. The number of phenols is 1. The van der Waals surface area contributed by atoms with E-state index in [0.717, 1.165) is 38.5 Å². The fraction of sp³-hybridized carbons (Fsp3) is 0.500. The van der Waals surface area contributed by atoms with E-state index in [0.29, 0.717) is 5.56 Å². The molecule has 0 bridgehead atoms.